The number of nitrogens with zero attached hydrogens (tertiary/aromatic N) is 3. The standard InChI is InChI=1S/C18H17ClN4O3/c1-11(17-22-21-15-5-2-3-6-23(15)17)20-18(24)12-9-13(19)16-14(10-12)25-7-4-8-26-16/h2-3,5-6,9-11H,4,7-8H2,1H3,(H,20,24). The van der Waals surface area contributed by atoms with Crippen LogP contribution in [-0.2, 0) is 0 Å². The maximum atomic E-state index is 12.7. The van der Waals surface area contributed by atoms with Gasteiger partial charge in [-0.05, 0) is 31.2 Å². The van der Waals surface area contributed by atoms with Crippen molar-refractivity contribution >= 4 is 23.2 Å². The minimum absolute atomic E-state index is 0.275. The van der Waals surface area contributed by atoms with Crippen molar-refractivity contribution in [2.75, 3.05) is 13.2 Å². The molecule has 2 aromatic heterocycles. The molecule has 0 saturated heterocycles. The van der Waals surface area contributed by atoms with E-state index in [2.05, 4.69) is 15.5 Å². The van der Waals surface area contributed by atoms with Gasteiger partial charge in [0.05, 0.1) is 24.3 Å². The van der Waals surface area contributed by atoms with Crippen molar-refractivity contribution in [1.29, 1.82) is 0 Å². The second-order valence-electron chi connectivity index (χ2n) is 6.02. The first-order chi connectivity index (χ1) is 12.6. The molecule has 0 radical (unpaired) electrons. The number of hydrogen-bond acceptors (Lipinski definition) is 5. The molecule has 0 fully saturated rings. The third kappa shape index (κ3) is 3.06. The Hall–Kier alpha value is -2.80. The molecule has 0 aliphatic carbocycles. The smallest absolute Gasteiger partial charge is 0.252 e. The molecule has 1 aliphatic heterocycles. The first-order valence-electron chi connectivity index (χ1n) is 8.33. The molecule has 1 unspecified atom stereocenters. The van der Waals surface area contributed by atoms with E-state index < -0.39 is 0 Å². The normalized spacial score (nSPS) is 14.7. The van der Waals surface area contributed by atoms with Gasteiger partial charge in [0.2, 0.25) is 0 Å². The summed E-state index contributed by atoms with van der Waals surface area (Å²) < 4.78 is 13.1. The number of aromatic nitrogens is 3. The summed E-state index contributed by atoms with van der Waals surface area (Å²) in [7, 11) is 0. The van der Waals surface area contributed by atoms with E-state index in [1.54, 1.807) is 12.1 Å². The lowest BCUT2D eigenvalue weighted by molar-refractivity contribution is 0.0937. The summed E-state index contributed by atoms with van der Waals surface area (Å²) in [5.41, 5.74) is 1.13. The minimum Gasteiger partial charge on any atom is -0.489 e. The Kier molecular flexibility index (Phi) is 4.38. The van der Waals surface area contributed by atoms with Crippen molar-refractivity contribution in [3.63, 3.8) is 0 Å². The molecule has 0 bridgehead atoms. The van der Waals surface area contributed by atoms with Crippen molar-refractivity contribution in [3.05, 3.63) is 52.9 Å². The van der Waals surface area contributed by atoms with Gasteiger partial charge in [0.25, 0.3) is 5.91 Å². The molecule has 3 aromatic rings. The number of rotatable bonds is 3. The third-order valence-corrected chi connectivity index (χ3v) is 4.42. The van der Waals surface area contributed by atoms with Gasteiger partial charge in [0.15, 0.2) is 23.0 Å². The summed E-state index contributed by atoms with van der Waals surface area (Å²) in [6, 6.07) is 8.52. The fraction of sp³-hybridized carbons (Fsp3) is 0.278. The Bertz CT molecular complexity index is 972. The summed E-state index contributed by atoms with van der Waals surface area (Å²) >= 11 is 6.27. The van der Waals surface area contributed by atoms with E-state index in [9.17, 15) is 4.79 Å². The number of pyridine rings is 1. The van der Waals surface area contributed by atoms with E-state index in [4.69, 9.17) is 21.1 Å². The molecule has 1 atom stereocenters. The summed E-state index contributed by atoms with van der Waals surface area (Å²) in [5.74, 6) is 1.34. The lowest BCUT2D eigenvalue weighted by Crippen LogP contribution is -2.28. The van der Waals surface area contributed by atoms with E-state index in [0.29, 0.717) is 41.1 Å². The summed E-state index contributed by atoms with van der Waals surface area (Å²) in [5, 5.41) is 11.6. The first-order valence-corrected chi connectivity index (χ1v) is 8.71. The van der Waals surface area contributed by atoms with Crippen LogP contribution in [0.1, 0.15) is 35.6 Å². The molecular formula is C18H17ClN4O3. The van der Waals surface area contributed by atoms with Crippen molar-refractivity contribution in [3.8, 4) is 11.5 Å². The molecule has 1 aliphatic rings. The number of fused-ring (bicyclic) bond motifs is 2. The molecule has 1 N–H and O–H groups in total. The molecule has 8 heteroatoms. The van der Waals surface area contributed by atoms with Gasteiger partial charge in [-0.3, -0.25) is 9.20 Å². The van der Waals surface area contributed by atoms with Crippen molar-refractivity contribution in [2.24, 2.45) is 0 Å². The zero-order valence-corrected chi connectivity index (χ0v) is 14.9. The average Bonchev–Trinajstić information content (AvgIpc) is 2.92. The molecule has 1 aromatic carbocycles. The van der Waals surface area contributed by atoms with E-state index in [1.165, 1.54) is 0 Å². The predicted molar refractivity (Wildman–Crippen MR) is 95.9 cm³/mol. The largest absolute Gasteiger partial charge is 0.489 e. The number of amides is 1. The van der Waals surface area contributed by atoms with Crippen LogP contribution < -0.4 is 14.8 Å². The van der Waals surface area contributed by atoms with Crippen molar-refractivity contribution in [1.82, 2.24) is 19.9 Å². The molecule has 0 spiro atoms. The lowest BCUT2D eigenvalue weighted by atomic mass is 10.1. The molecule has 4 rings (SSSR count). The maximum Gasteiger partial charge on any atom is 0.252 e. The highest BCUT2D eigenvalue weighted by molar-refractivity contribution is 6.32. The van der Waals surface area contributed by atoms with Crippen LogP contribution in [0.25, 0.3) is 5.65 Å². The SMILES string of the molecule is CC(NC(=O)c1cc(Cl)c2c(c1)OCCCO2)c1nnc2ccccn12. The highest BCUT2D eigenvalue weighted by Gasteiger charge is 2.21. The Balaban J connectivity index is 1.58. The Labute approximate surface area is 154 Å². The average molecular weight is 373 g/mol. The van der Waals surface area contributed by atoms with Crippen LogP contribution >= 0.6 is 11.6 Å². The second-order valence-corrected chi connectivity index (χ2v) is 6.43. The van der Waals surface area contributed by atoms with Gasteiger partial charge < -0.3 is 14.8 Å². The third-order valence-electron chi connectivity index (χ3n) is 4.14. The highest BCUT2D eigenvalue weighted by atomic mass is 35.5. The van der Waals surface area contributed by atoms with Crippen LogP contribution in [0.5, 0.6) is 11.5 Å². The van der Waals surface area contributed by atoms with Crippen molar-refractivity contribution < 1.29 is 14.3 Å². The highest BCUT2D eigenvalue weighted by Crippen LogP contribution is 2.38. The lowest BCUT2D eigenvalue weighted by Gasteiger charge is -2.14. The van der Waals surface area contributed by atoms with E-state index in [-0.39, 0.29) is 11.9 Å². The van der Waals surface area contributed by atoms with E-state index in [1.807, 2.05) is 35.7 Å². The van der Waals surface area contributed by atoms with Crippen molar-refractivity contribution in [2.45, 2.75) is 19.4 Å². The monoisotopic (exact) mass is 372 g/mol. The van der Waals surface area contributed by atoms with Gasteiger partial charge in [-0.25, -0.2) is 0 Å². The molecule has 26 heavy (non-hydrogen) atoms. The minimum atomic E-state index is -0.338. The summed E-state index contributed by atoms with van der Waals surface area (Å²) in [4.78, 5) is 12.7. The van der Waals surface area contributed by atoms with Crippen LogP contribution in [0.4, 0.5) is 0 Å². The van der Waals surface area contributed by atoms with Crippen LogP contribution in [0.2, 0.25) is 5.02 Å². The molecule has 1 amide bonds. The zero-order valence-electron chi connectivity index (χ0n) is 14.1. The molecule has 3 heterocycles. The Morgan fingerprint density at radius 2 is 2.12 bits per heavy atom. The van der Waals surface area contributed by atoms with Gasteiger partial charge in [0, 0.05) is 18.2 Å². The fourth-order valence-corrected chi connectivity index (χ4v) is 3.13. The number of benzene rings is 1. The summed E-state index contributed by atoms with van der Waals surface area (Å²) in [6.45, 7) is 2.91. The quantitative estimate of drug-likeness (QED) is 0.764. The van der Waals surface area contributed by atoms with Gasteiger partial charge in [-0.1, -0.05) is 17.7 Å². The van der Waals surface area contributed by atoms with Crippen LogP contribution in [0.15, 0.2) is 36.5 Å². The first kappa shape index (κ1) is 16.7. The van der Waals surface area contributed by atoms with E-state index in [0.717, 1.165) is 12.1 Å². The van der Waals surface area contributed by atoms with Crippen LogP contribution in [-0.4, -0.2) is 33.7 Å². The number of carbonyl (C=O) groups is 1. The van der Waals surface area contributed by atoms with Gasteiger partial charge in [-0.2, -0.15) is 0 Å². The molecule has 134 valence electrons. The van der Waals surface area contributed by atoms with Crippen LogP contribution in [0, 0.1) is 0 Å². The number of halogens is 1. The van der Waals surface area contributed by atoms with Crippen LogP contribution in [0.3, 0.4) is 0 Å². The number of ether oxygens (including phenoxy) is 2. The molecule has 0 saturated carbocycles. The van der Waals surface area contributed by atoms with Gasteiger partial charge >= 0.3 is 0 Å². The fourth-order valence-electron chi connectivity index (χ4n) is 2.86. The summed E-state index contributed by atoms with van der Waals surface area (Å²) in [6.07, 6.45) is 2.63. The predicted octanol–water partition coefficient (Wildman–Crippen LogP) is 3.04. The maximum absolute atomic E-state index is 12.7. The molecule has 7 nitrogen and oxygen atoms in total. The second kappa shape index (κ2) is 6.84. The molecular weight excluding hydrogens is 356 g/mol. The number of hydrogen-bond donors (Lipinski definition) is 1. The van der Waals surface area contributed by atoms with Gasteiger partial charge in [0.1, 0.15) is 0 Å². The zero-order chi connectivity index (χ0) is 18.1. The number of carbonyl (C=O) groups excluding carboxylic acids is 1. The number of nitrogens with one attached hydrogen (secondary N) is 1. The topological polar surface area (TPSA) is 77.8 Å². The van der Waals surface area contributed by atoms with E-state index >= 15 is 0 Å². The Morgan fingerprint density at radius 1 is 1.27 bits per heavy atom. The van der Waals surface area contributed by atoms with Gasteiger partial charge in [-0.15, -0.1) is 10.2 Å². The Morgan fingerprint density at radius 3 is 3.00 bits per heavy atom.